The van der Waals surface area contributed by atoms with Gasteiger partial charge in [0.15, 0.2) is 5.13 Å². The van der Waals surface area contributed by atoms with E-state index in [1.165, 1.54) is 11.3 Å². The number of anilines is 1. The van der Waals surface area contributed by atoms with E-state index in [9.17, 15) is 4.79 Å². The van der Waals surface area contributed by atoms with E-state index < -0.39 is 0 Å². The highest BCUT2D eigenvalue weighted by molar-refractivity contribution is 7.22. The van der Waals surface area contributed by atoms with Crippen LogP contribution in [0, 0.1) is 0 Å². The fraction of sp³-hybridized carbons (Fsp3) is 0.333. The molecule has 2 heterocycles. The summed E-state index contributed by atoms with van der Waals surface area (Å²) in [5, 5.41) is 0.771. The molecule has 0 bridgehead atoms. The Morgan fingerprint density at radius 3 is 2.54 bits per heavy atom. The summed E-state index contributed by atoms with van der Waals surface area (Å²) in [5.41, 5.74) is 0.937. The van der Waals surface area contributed by atoms with Gasteiger partial charge in [-0.15, -0.1) is 23.7 Å². The highest BCUT2D eigenvalue weighted by atomic mass is 35.5. The van der Waals surface area contributed by atoms with Gasteiger partial charge in [-0.05, 0) is 51.3 Å². The number of carbonyl (C=O) groups is 1. The second-order valence-electron chi connectivity index (χ2n) is 6.05. The second kappa shape index (κ2) is 9.67. The number of hydrogen-bond donors (Lipinski definition) is 0. The summed E-state index contributed by atoms with van der Waals surface area (Å²) in [5.74, 6) is 0.0660. The molecule has 26 heavy (non-hydrogen) atoms. The van der Waals surface area contributed by atoms with Crippen molar-refractivity contribution in [3.63, 3.8) is 0 Å². The van der Waals surface area contributed by atoms with Crippen molar-refractivity contribution in [3.05, 3.63) is 45.6 Å². The maximum absolute atomic E-state index is 12.9. The fourth-order valence-electron chi connectivity index (χ4n) is 2.54. The SMILES string of the molecule is CN(C)CCCN(C(=O)Cc1ccc(Cl)s1)c1nc2ccccc2s1.Cl. The van der Waals surface area contributed by atoms with E-state index in [0.717, 1.165) is 33.2 Å². The van der Waals surface area contributed by atoms with Gasteiger partial charge in [-0.1, -0.05) is 35.1 Å². The number of fused-ring (bicyclic) bond motifs is 1. The van der Waals surface area contributed by atoms with E-state index in [1.807, 2.05) is 55.4 Å². The van der Waals surface area contributed by atoms with E-state index in [2.05, 4.69) is 9.88 Å². The third-order valence-corrected chi connectivity index (χ3v) is 6.05. The average Bonchev–Trinajstić information content (AvgIpc) is 3.16. The van der Waals surface area contributed by atoms with Crippen LogP contribution in [0.3, 0.4) is 0 Å². The maximum Gasteiger partial charge on any atom is 0.234 e. The molecule has 0 aliphatic carbocycles. The Bertz CT molecular complexity index is 830. The van der Waals surface area contributed by atoms with Crippen LogP contribution >= 0.6 is 46.7 Å². The van der Waals surface area contributed by atoms with Crippen LogP contribution < -0.4 is 4.90 Å². The molecule has 0 fully saturated rings. The molecule has 1 aromatic carbocycles. The quantitative estimate of drug-likeness (QED) is 0.532. The summed E-state index contributed by atoms with van der Waals surface area (Å²) in [6.07, 6.45) is 1.26. The van der Waals surface area contributed by atoms with Crippen LogP contribution in [-0.2, 0) is 11.2 Å². The predicted molar refractivity (Wildman–Crippen MR) is 115 cm³/mol. The molecule has 3 aromatic rings. The molecule has 0 unspecified atom stereocenters. The normalized spacial score (nSPS) is 10.9. The molecule has 4 nitrogen and oxygen atoms in total. The summed E-state index contributed by atoms with van der Waals surface area (Å²) in [7, 11) is 4.08. The molecular formula is C18H21Cl2N3OS2. The van der Waals surface area contributed by atoms with Gasteiger partial charge in [-0.3, -0.25) is 9.69 Å². The van der Waals surface area contributed by atoms with Gasteiger partial charge in [0.2, 0.25) is 5.91 Å². The number of thiazole rings is 1. The smallest absolute Gasteiger partial charge is 0.234 e. The largest absolute Gasteiger partial charge is 0.309 e. The number of nitrogens with zero attached hydrogens (tertiary/aromatic N) is 3. The van der Waals surface area contributed by atoms with E-state index in [1.54, 1.807) is 11.3 Å². The van der Waals surface area contributed by atoms with Crippen molar-refractivity contribution in [1.82, 2.24) is 9.88 Å². The minimum atomic E-state index is 0. The van der Waals surface area contributed by atoms with Crippen molar-refractivity contribution in [2.24, 2.45) is 0 Å². The summed E-state index contributed by atoms with van der Waals surface area (Å²) >= 11 is 9.01. The van der Waals surface area contributed by atoms with Crippen molar-refractivity contribution in [1.29, 1.82) is 0 Å². The van der Waals surface area contributed by atoms with Crippen LogP contribution in [0.2, 0.25) is 4.34 Å². The number of hydrogen-bond acceptors (Lipinski definition) is 5. The first-order valence-corrected chi connectivity index (χ1v) is 10.1. The number of halogens is 2. The number of amides is 1. The minimum Gasteiger partial charge on any atom is -0.309 e. The molecule has 0 atom stereocenters. The molecular weight excluding hydrogens is 409 g/mol. The number of benzene rings is 1. The third kappa shape index (κ3) is 5.41. The van der Waals surface area contributed by atoms with Crippen molar-refractivity contribution in [2.45, 2.75) is 12.8 Å². The van der Waals surface area contributed by atoms with Gasteiger partial charge >= 0.3 is 0 Å². The van der Waals surface area contributed by atoms with Crippen LogP contribution in [0.15, 0.2) is 36.4 Å². The van der Waals surface area contributed by atoms with E-state index in [-0.39, 0.29) is 18.3 Å². The van der Waals surface area contributed by atoms with Gasteiger partial charge in [0.25, 0.3) is 0 Å². The Balaban J connectivity index is 0.00000243. The Kier molecular flexibility index (Phi) is 7.85. The van der Waals surface area contributed by atoms with Crippen molar-refractivity contribution < 1.29 is 4.79 Å². The Labute approximate surface area is 172 Å². The topological polar surface area (TPSA) is 36.4 Å². The summed E-state index contributed by atoms with van der Waals surface area (Å²) in [4.78, 5) is 22.5. The van der Waals surface area contributed by atoms with Gasteiger partial charge < -0.3 is 4.90 Å². The van der Waals surface area contributed by atoms with Gasteiger partial charge in [0.05, 0.1) is 21.0 Å². The minimum absolute atomic E-state index is 0. The fourth-order valence-corrected chi connectivity index (χ4v) is 4.63. The summed E-state index contributed by atoms with van der Waals surface area (Å²) in [6.45, 7) is 1.59. The highest BCUT2D eigenvalue weighted by Crippen LogP contribution is 2.30. The first-order chi connectivity index (χ1) is 12.0. The molecule has 3 rings (SSSR count). The molecule has 0 aliphatic heterocycles. The van der Waals surface area contributed by atoms with Crippen LogP contribution in [0.25, 0.3) is 10.2 Å². The number of carbonyl (C=O) groups excluding carboxylic acids is 1. The highest BCUT2D eigenvalue weighted by Gasteiger charge is 2.20. The molecule has 0 radical (unpaired) electrons. The molecule has 140 valence electrons. The summed E-state index contributed by atoms with van der Waals surface area (Å²) in [6, 6.07) is 11.7. The van der Waals surface area contributed by atoms with Gasteiger partial charge in [-0.2, -0.15) is 0 Å². The van der Waals surface area contributed by atoms with Crippen LogP contribution in [0.5, 0.6) is 0 Å². The van der Waals surface area contributed by atoms with Crippen LogP contribution in [-0.4, -0.2) is 43.0 Å². The lowest BCUT2D eigenvalue weighted by atomic mass is 10.3. The lowest BCUT2D eigenvalue weighted by Gasteiger charge is -2.20. The number of rotatable bonds is 7. The van der Waals surface area contributed by atoms with Gasteiger partial charge in [-0.25, -0.2) is 4.98 Å². The zero-order valence-electron chi connectivity index (χ0n) is 14.6. The monoisotopic (exact) mass is 429 g/mol. The summed E-state index contributed by atoms with van der Waals surface area (Å²) < 4.78 is 1.81. The van der Waals surface area contributed by atoms with Crippen molar-refractivity contribution in [3.8, 4) is 0 Å². The zero-order chi connectivity index (χ0) is 17.8. The predicted octanol–water partition coefficient (Wildman–Crippen LogP) is 4.96. The number of thiophene rings is 1. The van der Waals surface area contributed by atoms with E-state index in [0.29, 0.717) is 17.3 Å². The zero-order valence-corrected chi connectivity index (χ0v) is 17.9. The Morgan fingerprint density at radius 2 is 1.88 bits per heavy atom. The van der Waals surface area contributed by atoms with Crippen LogP contribution in [0.1, 0.15) is 11.3 Å². The standard InChI is InChI=1S/C18H20ClN3OS2.ClH/c1-21(2)10-5-11-22(17(23)12-13-8-9-16(19)24-13)18-20-14-6-3-4-7-15(14)25-18;/h3-4,6-9H,5,10-12H2,1-2H3;1H. The van der Waals surface area contributed by atoms with Crippen molar-refractivity contribution in [2.75, 3.05) is 32.1 Å². The van der Waals surface area contributed by atoms with Crippen molar-refractivity contribution >= 4 is 67.9 Å². The van der Waals surface area contributed by atoms with E-state index >= 15 is 0 Å². The molecule has 2 aromatic heterocycles. The molecule has 1 amide bonds. The molecule has 0 saturated carbocycles. The molecule has 0 N–H and O–H groups in total. The Morgan fingerprint density at radius 1 is 1.12 bits per heavy atom. The lowest BCUT2D eigenvalue weighted by Crippen LogP contribution is -2.34. The molecule has 0 spiro atoms. The average molecular weight is 430 g/mol. The maximum atomic E-state index is 12.9. The van der Waals surface area contributed by atoms with Gasteiger partial charge in [0, 0.05) is 11.4 Å². The van der Waals surface area contributed by atoms with E-state index in [4.69, 9.17) is 11.6 Å². The lowest BCUT2D eigenvalue weighted by molar-refractivity contribution is -0.118. The third-order valence-electron chi connectivity index (χ3n) is 3.76. The molecule has 0 aliphatic rings. The number of aromatic nitrogens is 1. The second-order valence-corrected chi connectivity index (χ2v) is 8.86. The van der Waals surface area contributed by atoms with Gasteiger partial charge in [0.1, 0.15) is 0 Å². The number of para-hydroxylation sites is 1. The first-order valence-electron chi connectivity index (χ1n) is 8.08. The van der Waals surface area contributed by atoms with Crippen LogP contribution in [0.4, 0.5) is 5.13 Å². The first kappa shape index (κ1) is 21.1. The Hall–Kier alpha value is -1.18. The molecule has 0 saturated heterocycles. The molecule has 8 heteroatoms.